The summed E-state index contributed by atoms with van der Waals surface area (Å²) in [6.07, 6.45) is 6.35. The third kappa shape index (κ3) is 2.32. The number of aromatic amines is 2. The molecule has 110 valence electrons. The van der Waals surface area contributed by atoms with Gasteiger partial charge in [-0.3, -0.25) is 0 Å². The van der Waals surface area contributed by atoms with E-state index in [9.17, 15) is 0 Å². The number of nitrogens with two attached hydrogens (primary N) is 1. The summed E-state index contributed by atoms with van der Waals surface area (Å²) < 4.78 is 1.83. The zero-order valence-electron chi connectivity index (χ0n) is 11.8. The topological polar surface area (TPSA) is 101 Å². The molecule has 0 bridgehead atoms. The van der Waals surface area contributed by atoms with Crippen LogP contribution in [0.2, 0.25) is 0 Å². The second-order valence-corrected chi connectivity index (χ2v) is 5.22. The molecule has 0 saturated heterocycles. The van der Waals surface area contributed by atoms with Crippen molar-refractivity contribution in [1.82, 2.24) is 29.9 Å². The van der Waals surface area contributed by atoms with Crippen LogP contribution in [0.15, 0.2) is 42.9 Å². The largest absolute Gasteiger partial charge is 0.369 e. The molecule has 0 unspecified atom stereocenters. The molecule has 0 aliphatic carbocycles. The van der Waals surface area contributed by atoms with Gasteiger partial charge in [-0.25, -0.2) is 9.67 Å². The standard InChI is InChI=1S/C15H15N7/c16-15-18-7-11(19-15)5-12-9-22(21-20-12)8-10-6-17-14-4-2-1-3-13(10)14/h1-4,6-7,9,17H,5,8H2,(H3,16,18,19). The Balaban J connectivity index is 1.54. The molecule has 0 aliphatic heterocycles. The van der Waals surface area contributed by atoms with E-state index >= 15 is 0 Å². The van der Waals surface area contributed by atoms with Crippen molar-refractivity contribution in [3.63, 3.8) is 0 Å². The van der Waals surface area contributed by atoms with Crippen molar-refractivity contribution in [1.29, 1.82) is 0 Å². The molecule has 0 atom stereocenters. The number of H-pyrrole nitrogens is 2. The molecule has 4 rings (SSSR count). The lowest BCUT2D eigenvalue weighted by atomic mass is 10.2. The Labute approximate surface area is 126 Å². The first-order chi connectivity index (χ1) is 10.8. The summed E-state index contributed by atoms with van der Waals surface area (Å²) in [5, 5.41) is 9.58. The van der Waals surface area contributed by atoms with Crippen LogP contribution < -0.4 is 5.73 Å². The number of aromatic nitrogens is 6. The highest BCUT2D eigenvalue weighted by atomic mass is 15.4. The molecule has 1 aromatic carbocycles. The van der Waals surface area contributed by atoms with Crippen molar-refractivity contribution >= 4 is 16.9 Å². The van der Waals surface area contributed by atoms with E-state index in [0.29, 0.717) is 18.9 Å². The molecule has 4 aromatic rings. The molecule has 4 N–H and O–H groups in total. The van der Waals surface area contributed by atoms with Gasteiger partial charge in [0.05, 0.1) is 17.9 Å². The molecule has 0 amide bonds. The van der Waals surface area contributed by atoms with Crippen LogP contribution in [0.5, 0.6) is 0 Å². The van der Waals surface area contributed by atoms with E-state index in [1.165, 1.54) is 10.9 Å². The first kappa shape index (κ1) is 12.6. The number of hydrogen-bond acceptors (Lipinski definition) is 4. The summed E-state index contributed by atoms with van der Waals surface area (Å²) in [5.74, 6) is 0.418. The maximum absolute atomic E-state index is 5.57. The highest BCUT2D eigenvalue weighted by Gasteiger charge is 2.08. The average Bonchev–Trinajstić information content (AvgIpc) is 3.22. The lowest BCUT2D eigenvalue weighted by molar-refractivity contribution is 0.652. The van der Waals surface area contributed by atoms with E-state index in [4.69, 9.17) is 5.73 Å². The number of rotatable bonds is 4. The van der Waals surface area contributed by atoms with Gasteiger partial charge >= 0.3 is 0 Å². The maximum atomic E-state index is 5.57. The van der Waals surface area contributed by atoms with Gasteiger partial charge < -0.3 is 15.7 Å². The molecule has 0 aliphatic rings. The monoisotopic (exact) mass is 293 g/mol. The lowest BCUT2D eigenvalue weighted by Crippen LogP contribution is -1.99. The number of nitrogens with one attached hydrogen (secondary N) is 2. The Morgan fingerprint density at radius 3 is 2.86 bits per heavy atom. The Bertz CT molecular complexity index is 915. The van der Waals surface area contributed by atoms with Crippen LogP contribution >= 0.6 is 0 Å². The van der Waals surface area contributed by atoms with Gasteiger partial charge in [0.25, 0.3) is 0 Å². The first-order valence-electron chi connectivity index (χ1n) is 7.02. The molecule has 0 spiro atoms. The van der Waals surface area contributed by atoms with Crippen LogP contribution in [0.1, 0.15) is 17.0 Å². The van der Waals surface area contributed by atoms with Gasteiger partial charge in [-0.1, -0.05) is 23.4 Å². The number of hydrogen-bond donors (Lipinski definition) is 3. The minimum absolute atomic E-state index is 0.418. The highest BCUT2D eigenvalue weighted by molar-refractivity contribution is 5.82. The van der Waals surface area contributed by atoms with Crippen LogP contribution in [-0.2, 0) is 13.0 Å². The third-order valence-electron chi connectivity index (χ3n) is 3.61. The van der Waals surface area contributed by atoms with Crippen LogP contribution in [0.4, 0.5) is 5.95 Å². The Kier molecular flexibility index (Phi) is 2.89. The molecular formula is C15H15N7. The predicted octanol–water partition coefficient (Wildman–Crippen LogP) is 1.70. The molecule has 3 heterocycles. The lowest BCUT2D eigenvalue weighted by Gasteiger charge is -1.98. The van der Waals surface area contributed by atoms with Crippen molar-refractivity contribution < 1.29 is 0 Å². The summed E-state index contributed by atoms with van der Waals surface area (Å²) in [7, 11) is 0. The van der Waals surface area contributed by atoms with Gasteiger partial charge in [0.15, 0.2) is 5.95 Å². The van der Waals surface area contributed by atoms with Gasteiger partial charge in [0.1, 0.15) is 0 Å². The number of benzene rings is 1. The summed E-state index contributed by atoms with van der Waals surface area (Å²) in [6, 6.07) is 8.22. The summed E-state index contributed by atoms with van der Waals surface area (Å²) >= 11 is 0. The molecule has 22 heavy (non-hydrogen) atoms. The summed E-state index contributed by atoms with van der Waals surface area (Å²) in [5.41, 5.74) is 9.61. The minimum Gasteiger partial charge on any atom is -0.369 e. The average molecular weight is 293 g/mol. The maximum Gasteiger partial charge on any atom is 0.197 e. The van der Waals surface area contributed by atoms with Crippen molar-refractivity contribution in [2.75, 3.05) is 5.73 Å². The van der Waals surface area contributed by atoms with Crippen molar-refractivity contribution in [2.24, 2.45) is 0 Å². The zero-order chi connectivity index (χ0) is 14.9. The number of para-hydroxylation sites is 1. The normalized spacial score (nSPS) is 11.3. The Morgan fingerprint density at radius 1 is 1.09 bits per heavy atom. The van der Waals surface area contributed by atoms with Crippen molar-refractivity contribution in [3.8, 4) is 0 Å². The Morgan fingerprint density at radius 2 is 2.00 bits per heavy atom. The Hall–Kier alpha value is -3.09. The molecular weight excluding hydrogens is 278 g/mol. The molecule has 0 saturated carbocycles. The number of fused-ring (bicyclic) bond motifs is 1. The fraction of sp³-hybridized carbons (Fsp3) is 0.133. The van der Waals surface area contributed by atoms with Crippen LogP contribution in [0.3, 0.4) is 0 Å². The van der Waals surface area contributed by atoms with Gasteiger partial charge in [-0.05, 0) is 11.6 Å². The predicted molar refractivity (Wildman–Crippen MR) is 83.2 cm³/mol. The quantitative estimate of drug-likeness (QED) is 0.533. The number of nitrogens with zero attached hydrogens (tertiary/aromatic N) is 4. The second kappa shape index (κ2) is 5.03. The molecule has 0 radical (unpaired) electrons. The SMILES string of the molecule is Nc1nc(Cc2cn(Cc3c[nH]c4ccccc34)nn2)c[nH]1. The molecule has 7 heteroatoms. The van der Waals surface area contributed by atoms with E-state index in [1.54, 1.807) is 6.20 Å². The fourth-order valence-corrected chi connectivity index (χ4v) is 2.59. The highest BCUT2D eigenvalue weighted by Crippen LogP contribution is 2.18. The van der Waals surface area contributed by atoms with E-state index in [2.05, 4.69) is 37.4 Å². The zero-order valence-corrected chi connectivity index (χ0v) is 11.8. The van der Waals surface area contributed by atoms with E-state index in [0.717, 1.165) is 16.9 Å². The van der Waals surface area contributed by atoms with Crippen molar-refractivity contribution in [3.05, 3.63) is 59.8 Å². The third-order valence-corrected chi connectivity index (χ3v) is 3.61. The number of imidazole rings is 1. The van der Waals surface area contributed by atoms with Gasteiger partial charge in [-0.2, -0.15) is 0 Å². The van der Waals surface area contributed by atoms with Gasteiger partial charge in [0, 0.05) is 35.9 Å². The van der Waals surface area contributed by atoms with Gasteiger partial charge in [0.2, 0.25) is 0 Å². The van der Waals surface area contributed by atoms with Crippen molar-refractivity contribution in [2.45, 2.75) is 13.0 Å². The molecule has 7 nitrogen and oxygen atoms in total. The number of anilines is 1. The first-order valence-corrected chi connectivity index (χ1v) is 7.02. The fourth-order valence-electron chi connectivity index (χ4n) is 2.59. The van der Waals surface area contributed by atoms with Crippen LogP contribution in [-0.4, -0.2) is 29.9 Å². The summed E-state index contributed by atoms with van der Waals surface area (Å²) in [6.45, 7) is 0.680. The summed E-state index contributed by atoms with van der Waals surface area (Å²) in [4.78, 5) is 10.3. The number of nitrogen functional groups attached to an aromatic ring is 1. The van der Waals surface area contributed by atoms with E-state index in [-0.39, 0.29) is 0 Å². The second-order valence-electron chi connectivity index (χ2n) is 5.22. The molecule has 3 aromatic heterocycles. The minimum atomic E-state index is 0.418. The molecule has 0 fully saturated rings. The van der Waals surface area contributed by atoms with Gasteiger partial charge in [-0.15, -0.1) is 5.10 Å². The van der Waals surface area contributed by atoms with E-state index < -0.39 is 0 Å². The van der Waals surface area contributed by atoms with Crippen LogP contribution in [0.25, 0.3) is 10.9 Å². The van der Waals surface area contributed by atoms with E-state index in [1.807, 2.05) is 29.2 Å². The smallest absolute Gasteiger partial charge is 0.197 e. The van der Waals surface area contributed by atoms with Crippen LogP contribution in [0, 0.1) is 0 Å².